The summed E-state index contributed by atoms with van der Waals surface area (Å²) < 4.78 is 10.9. The Bertz CT molecular complexity index is 586. The standard InChI is InChI=1S/C14H18ClN3O2/c1-4-14(5-2,19-3)13-17-12(20-18-13)9-7-6-8-10(15)11(9)16/h6-8H,4-5,16H2,1-3H3. The zero-order valence-electron chi connectivity index (χ0n) is 11.8. The van der Waals surface area contributed by atoms with Crippen LogP contribution in [0.1, 0.15) is 32.5 Å². The SMILES string of the molecule is CCC(CC)(OC)c1noc(-c2cccc(Cl)c2N)n1. The van der Waals surface area contributed by atoms with E-state index in [4.69, 9.17) is 26.6 Å². The van der Waals surface area contributed by atoms with Crippen molar-refractivity contribution in [2.75, 3.05) is 12.8 Å². The van der Waals surface area contributed by atoms with Crippen molar-refractivity contribution in [3.05, 3.63) is 29.0 Å². The summed E-state index contributed by atoms with van der Waals surface area (Å²) in [5.74, 6) is 0.878. The Morgan fingerprint density at radius 1 is 1.35 bits per heavy atom. The van der Waals surface area contributed by atoms with Crippen molar-refractivity contribution in [2.45, 2.75) is 32.3 Å². The van der Waals surface area contributed by atoms with Crippen LogP contribution < -0.4 is 5.73 Å². The molecule has 0 saturated carbocycles. The molecule has 1 aromatic carbocycles. The maximum Gasteiger partial charge on any atom is 0.260 e. The third kappa shape index (κ3) is 2.39. The average molecular weight is 296 g/mol. The molecule has 2 aromatic rings. The summed E-state index contributed by atoms with van der Waals surface area (Å²) in [6.07, 6.45) is 1.51. The molecule has 1 heterocycles. The number of nitrogen functional groups attached to an aromatic ring is 1. The van der Waals surface area contributed by atoms with E-state index in [2.05, 4.69) is 10.1 Å². The molecule has 5 nitrogen and oxygen atoms in total. The zero-order chi connectivity index (χ0) is 14.8. The molecule has 0 spiro atoms. The minimum Gasteiger partial charge on any atom is -0.397 e. The first-order valence-corrected chi connectivity index (χ1v) is 6.89. The lowest BCUT2D eigenvalue weighted by atomic mass is 9.96. The highest BCUT2D eigenvalue weighted by Crippen LogP contribution is 2.34. The lowest BCUT2D eigenvalue weighted by Gasteiger charge is -2.25. The van der Waals surface area contributed by atoms with E-state index in [1.807, 2.05) is 13.8 Å². The molecular formula is C14H18ClN3O2. The number of nitrogens with two attached hydrogens (primary N) is 1. The second-order valence-electron chi connectivity index (χ2n) is 4.53. The number of anilines is 1. The smallest absolute Gasteiger partial charge is 0.260 e. The first-order valence-electron chi connectivity index (χ1n) is 6.51. The summed E-state index contributed by atoms with van der Waals surface area (Å²) in [5.41, 5.74) is 6.47. The second-order valence-corrected chi connectivity index (χ2v) is 4.94. The van der Waals surface area contributed by atoms with Crippen molar-refractivity contribution < 1.29 is 9.26 Å². The van der Waals surface area contributed by atoms with Crippen LogP contribution >= 0.6 is 11.6 Å². The van der Waals surface area contributed by atoms with Gasteiger partial charge in [0.2, 0.25) is 5.82 Å². The molecule has 0 saturated heterocycles. The van der Waals surface area contributed by atoms with Crippen molar-refractivity contribution in [3.8, 4) is 11.5 Å². The molecule has 1 aromatic heterocycles. The molecule has 0 fully saturated rings. The number of hydrogen-bond donors (Lipinski definition) is 1. The molecule has 0 radical (unpaired) electrons. The van der Waals surface area contributed by atoms with Crippen molar-refractivity contribution in [1.82, 2.24) is 10.1 Å². The van der Waals surface area contributed by atoms with Crippen molar-refractivity contribution in [1.29, 1.82) is 0 Å². The van der Waals surface area contributed by atoms with Crippen LogP contribution in [0.4, 0.5) is 5.69 Å². The highest BCUT2D eigenvalue weighted by Gasteiger charge is 2.34. The highest BCUT2D eigenvalue weighted by atomic mass is 35.5. The van der Waals surface area contributed by atoms with E-state index in [1.54, 1.807) is 25.3 Å². The number of hydrogen-bond acceptors (Lipinski definition) is 5. The van der Waals surface area contributed by atoms with Gasteiger partial charge >= 0.3 is 0 Å². The number of aromatic nitrogens is 2. The van der Waals surface area contributed by atoms with Gasteiger partial charge in [-0.2, -0.15) is 4.98 Å². The van der Waals surface area contributed by atoms with Gasteiger partial charge in [0.1, 0.15) is 5.60 Å². The summed E-state index contributed by atoms with van der Waals surface area (Å²) in [5, 5.41) is 4.50. The highest BCUT2D eigenvalue weighted by molar-refractivity contribution is 6.33. The molecule has 0 unspecified atom stereocenters. The van der Waals surface area contributed by atoms with Crippen LogP contribution in [0, 0.1) is 0 Å². The lowest BCUT2D eigenvalue weighted by molar-refractivity contribution is -0.0306. The monoisotopic (exact) mass is 295 g/mol. The van der Waals surface area contributed by atoms with E-state index >= 15 is 0 Å². The van der Waals surface area contributed by atoms with Crippen molar-refractivity contribution >= 4 is 17.3 Å². The van der Waals surface area contributed by atoms with Gasteiger partial charge in [-0.05, 0) is 25.0 Å². The maximum atomic E-state index is 6.00. The maximum absolute atomic E-state index is 6.00. The summed E-state index contributed by atoms with van der Waals surface area (Å²) in [4.78, 5) is 4.43. The Hall–Kier alpha value is -1.59. The van der Waals surface area contributed by atoms with Gasteiger partial charge in [-0.3, -0.25) is 0 Å². The predicted octanol–water partition coefficient (Wildman–Crippen LogP) is 3.63. The van der Waals surface area contributed by atoms with E-state index in [0.717, 1.165) is 12.8 Å². The van der Waals surface area contributed by atoms with Gasteiger partial charge in [0.25, 0.3) is 5.89 Å². The van der Waals surface area contributed by atoms with Gasteiger partial charge in [-0.1, -0.05) is 36.7 Å². The van der Waals surface area contributed by atoms with Crippen molar-refractivity contribution in [2.24, 2.45) is 0 Å². The molecule has 0 aliphatic rings. The summed E-state index contributed by atoms with van der Waals surface area (Å²) >= 11 is 6.00. The lowest BCUT2D eigenvalue weighted by Crippen LogP contribution is -2.28. The van der Waals surface area contributed by atoms with Gasteiger partial charge in [0, 0.05) is 7.11 Å². The number of halogens is 1. The fourth-order valence-electron chi connectivity index (χ4n) is 2.19. The Balaban J connectivity index is 2.45. The molecular weight excluding hydrogens is 278 g/mol. The second kappa shape index (κ2) is 5.81. The van der Waals surface area contributed by atoms with Crippen LogP contribution in [0.2, 0.25) is 5.02 Å². The minimum atomic E-state index is -0.533. The minimum absolute atomic E-state index is 0.350. The molecule has 6 heteroatoms. The molecule has 2 N–H and O–H groups in total. The number of ether oxygens (including phenoxy) is 1. The molecule has 0 aliphatic heterocycles. The largest absolute Gasteiger partial charge is 0.397 e. The summed E-state index contributed by atoms with van der Waals surface area (Å²) in [6, 6.07) is 5.31. The van der Waals surface area contributed by atoms with E-state index in [-0.39, 0.29) is 0 Å². The first kappa shape index (κ1) is 14.8. The Kier molecular flexibility index (Phi) is 4.30. The van der Waals surface area contributed by atoms with E-state index in [0.29, 0.717) is 28.0 Å². The Morgan fingerprint density at radius 2 is 2.05 bits per heavy atom. The van der Waals surface area contributed by atoms with Crippen LogP contribution in [-0.2, 0) is 10.3 Å². The van der Waals surface area contributed by atoms with Gasteiger partial charge in [-0.15, -0.1) is 0 Å². The van der Waals surface area contributed by atoms with Crippen molar-refractivity contribution in [3.63, 3.8) is 0 Å². The van der Waals surface area contributed by atoms with Crippen LogP contribution in [0.5, 0.6) is 0 Å². The third-order valence-corrected chi connectivity index (χ3v) is 3.98. The Labute approximate surface area is 123 Å². The van der Waals surface area contributed by atoms with E-state index in [1.165, 1.54) is 0 Å². The molecule has 2 rings (SSSR count). The average Bonchev–Trinajstić information content (AvgIpc) is 2.95. The van der Waals surface area contributed by atoms with E-state index in [9.17, 15) is 0 Å². The quantitative estimate of drug-likeness (QED) is 0.853. The summed E-state index contributed by atoms with van der Waals surface area (Å²) in [6.45, 7) is 4.05. The topological polar surface area (TPSA) is 74.2 Å². The number of rotatable bonds is 5. The molecule has 0 aliphatic carbocycles. The number of nitrogens with zero attached hydrogens (tertiary/aromatic N) is 2. The Morgan fingerprint density at radius 3 is 2.65 bits per heavy atom. The fraction of sp³-hybridized carbons (Fsp3) is 0.429. The summed E-state index contributed by atoms with van der Waals surface area (Å²) in [7, 11) is 1.65. The number of methoxy groups -OCH3 is 1. The van der Waals surface area contributed by atoms with Gasteiger partial charge in [-0.25, -0.2) is 0 Å². The van der Waals surface area contributed by atoms with Gasteiger partial charge < -0.3 is 15.0 Å². The van der Waals surface area contributed by atoms with Crippen LogP contribution in [-0.4, -0.2) is 17.3 Å². The first-order chi connectivity index (χ1) is 9.57. The van der Waals surface area contributed by atoms with E-state index < -0.39 is 5.60 Å². The van der Waals surface area contributed by atoms with Gasteiger partial charge in [0.05, 0.1) is 16.3 Å². The fourth-order valence-corrected chi connectivity index (χ4v) is 2.36. The van der Waals surface area contributed by atoms with Gasteiger partial charge in [0.15, 0.2) is 0 Å². The normalized spacial score (nSPS) is 11.8. The molecule has 20 heavy (non-hydrogen) atoms. The number of benzene rings is 1. The molecule has 0 bridgehead atoms. The molecule has 108 valence electrons. The van der Waals surface area contributed by atoms with Crippen LogP contribution in [0.25, 0.3) is 11.5 Å². The third-order valence-electron chi connectivity index (χ3n) is 3.65. The van der Waals surface area contributed by atoms with Crippen LogP contribution in [0.15, 0.2) is 22.7 Å². The number of para-hydroxylation sites is 1. The molecule has 0 atom stereocenters. The predicted molar refractivity (Wildman–Crippen MR) is 78.4 cm³/mol. The van der Waals surface area contributed by atoms with Crippen LogP contribution in [0.3, 0.4) is 0 Å². The zero-order valence-corrected chi connectivity index (χ0v) is 12.6. The molecule has 0 amide bonds.